The molecule has 3 atom stereocenters. The van der Waals surface area contributed by atoms with Crippen molar-refractivity contribution in [2.75, 3.05) is 20.3 Å². The molecule has 0 spiro atoms. The Labute approximate surface area is 130 Å². The van der Waals surface area contributed by atoms with Gasteiger partial charge in [0.1, 0.15) is 24.1 Å². The van der Waals surface area contributed by atoms with E-state index in [9.17, 15) is 4.79 Å². The summed E-state index contributed by atoms with van der Waals surface area (Å²) in [4.78, 5) is 16.0. The lowest BCUT2D eigenvalue weighted by Crippen LogP contribution is -2.27. The van der Waals surface area contributed by atoms with E-state index in [2.05, 4.69) is 4.98 Å². The average molecular weight is 314 g/mol. The second-order valence-corrected chi connectivity index (χ2v) is 6.38. The van der Waals surface area contributed by atoms with Gasteiger partial charge in [-0.3, -0.25) is 4.79 Å². The van der Waals surface area contributed by atoms with Crippen LogP contribution in [0.5, 0.6) is 0 Å². The Morgan fingerprint density at radius 2 is 2.14 bits per heavy atom. The zero-order valence-corrected chi connectivity index (χ0v) is 13.8. The number of nitrogens with two attached hydrogens (primary N) is 1. The van der Waals surface area contributed by atoms with Gasteiger partial charge in [0.15, 0.2) is 0 Å². The van der Waals surface area contributed by atoms with Crippen molar-refractivity contribution < 1.29 is 23.8 Å². The molecule has 0 amide bonds. The number of nitrogens with zero attached hydrogens (tertiary/aromatic N) is 1. The van der Waals surface area contributed by atoms with E-state index in [0.717, 1.165) is 0 Å². The molecule has 7 heteroatoms. The fourth-order valence-corrected chi connectivity index (χ4v) is 1.84. The molecule has 126 valence electrons. The van der Waals surface area contributed by atoms with E-state index in [1.165, 1.54) is 6.26 Å². The van der Waals surface area contributed by atoms with Crippen LogP contribution in [0.4, 0.5) is 0 Å². The molecule has 0 aromatic carbocycles. The van der Waals surface area contributed by atoms with Gasteiger partial charge >= 0.3 is 5.97 Å². The van der Waals surface area contributed by atoms with Gasteiger partial charge in [-0.1, -0.05) is 6.92 Å². The number of carbonyl (C=O) groups is 1. The molecule has 0 fully saturated rings. The van der Waals surface area contributed by atoms with Crippen molar-refractivity contribution in [3.05, 3.63) is 17.8 Å². The van der Waals surface area contributed by atoms with Gasteiger partial charge in [0.25, 0.3) is 0 Å². The van der Waals surface area contributed by atoms with Gasteiger partial charge < -0.3 is 24.7 Å². The van der Waals surface area contributed by atoms with Crippen LogP contribution in [0.3, 0.4) is 0 Å². The zero-order valence-electron chi connectivity index (χ0n) is 13.8. The van der Waals surface area contributed by atoms with E-state index in [-0.39, 0.29) is 31.0 Å². The fraction of sp³-hybridized carbons (Fsp3) is 0.733. The van der Waals surface area contributed by atoms with Crippen LogP contribution in [0.15, 0.2) is 10.7 Å². The van der Waals surface area contributed by atoms with Crippen LogP contribution < -0.4 is 5.73 Å². The van der Waals surface area contributed by atoms with Crippen LogP contribution in [-0.2, 0) is 14.3 Å². The van der Waals surface area contributed by atoms with Gasteiger partial charge in [-0.05, 0) is 20.8 Å². The number of esters is 1. The lowest BCUT2D eigenvalue weighted by Gasteiger charge is -2.23. The molecule has 0 radical (unpaired) electrons. The minimum atomic E-state index is -0.666. The Bertz CT molecular complexity index is 481. The van der Waals surface area contributed by atoms with Gasteiger partial charge in [-0.25, -0.2) is 4.98 Å². The number of hydrogen-bond donors (Lipinski definition) is 2. The van der Waals surface area contributed by atoms with Crippen molar-refractivity contribution in [1.82, 2.24) is 4.98 Å². The normalized spacial score (nSPS) is 16.1. The van der Waals surface area contributed by atoms with E-state index in [0.29, 0.717) is 5.69 Å². The molecule has 1 rings (SSSR count). The smallest absolute Gasteiger partial charge is 0.311 e. The van der Waals surface area contributed by atoms with E-state index in [1.807, 2.05) is 6.92 Å². The first-order chi connectivity index (χ1) is 10.2. The topological polar surface area (TPSA) is 108 Å². The number of methoxy groups -OCH3 is 1. The molecule has 1 aromatic heterocycles. The van der Waals surface area contributed by atoms with Gasteiger partial charge in [0.05, 0.1) is 18.6 Å². The summed E-state index contributed by atoms with van der Waals surface area (Å²) in [5.74, 6) is -0.129. The second kappa shape index (κ2) is 7.71. The highest BCUT2D eigenvalue weighted by atomic mass is 16.5. The SMILES string of the molecule is CO[C@H](c1coc(C(N)CO)n1)[C@@H](C)COC(=O)C(C)(C)C. The maximum Gasteiger partial charge on any atom is 0.311 e. The summed E-state index contributed by atoms with van der Waals surface area (Å²) in [6, 6.07) is -0.666. The summed E-state index contributed by atoms with van der Waals surface area (Å²) in [5.41, 5.74) is 5.67. The number of carbonyl (C=O) groups excluding carboxylic acids is 1. The van der Waals surface area contributed by atoms with E-state index >= 15 is 0 Å². The van der Waals surface area contributed by atoms with Gasteiger partial charge in [0.2, 0.25) is 5.89 Å². The number of oxazole rings is 1. The summed E-state index contributed by atoms with van der Waals surface area (Å²) >= 11 is 0. The van der Waals surface area contributed by atoms with Gasteiger partial charge in [-0.2, -0.15) is 0 Å². The number of aromatic nitrogens is 1. The molecule has 0 bridgehead atoms. The summed E-state index contributed by atoms with van der Waals surface area (Å²) in [6.45, 7) is 7.25. The predicted octanol–water partition coefficient (Wildman–Crippen LogP) is 1.58. The third kappa shape index (κ3) is 4.79. The number of aliphatic hydroxyl groups excluding tert-OH is 1. The van der Waals surface area contributed by atoms with Crippen molar-refractivity contribution in [3.8, 4) is 0 Å². The minimum absolute atomic E-state index is 0.111. The van der Waals surface area contributed by atoms with Crippen molar-refractivity contribution in [2.24, 2.45) is 17.1 Å². The van der Waals surface area contributed by atoms with Crippen molar-refractivity contribution in [1.29, 1.82) is 0 Å². The Hall–Kier alpha value is -1.44. The Balaban J connectivity index is 2.70. The molecule has 22 heavy (non-hydrogen) atoms. The number of rotatable bonds is 7. The van der Waals surface area contributed by atoms with Gasteiger partial charge in [0, 0.05) is 13.0 Å². The second-order valence-electron chi connectivity index (χ2n) is 6.38. The van der Waals surface area contributed by atoms with Crippen LogP contribution in [0.2, 0.25) is 0 Å². The standard InChI is InChI=1S/C15H26N2O5/c1-9(7-22-14(19)15(2,3)4)12(20-5)11-8-21-13(17-11)10(16)6-18/h8-10,12,18H,6-7,16H2,1-5H3/t9-,10?,12-/m0/s1. The molecule has 3 N–H and O–H groups in total. The van der Waals surface area contributed by atoms with Crippen LogP contribution in [0.25, 0.3) is 0 Å². The number of ether oxygens (including phenoxy) is 2. The molecule has 0 aliphatic carbocycles. The lowest BCUT2D eigenvalue weighted by molar-refractivity contribution is -0.155. The maximum absolute atomic E-state index is 11.8. The lowest BCUT2D eigenvalue weighted by atomic mass is 9.97. The third-order valence-corrected chi connectivity index (χ3v) is 3.21. The first kappa shape index (κ1) is 18.6. The van der Waals surface area contributed by atoms with E-state index in [1.54, 1.807) is 27.9 Å². The molecular weight excluding hydrogens is 288 g/mol. The minimum Gasteiger partial charge on any atom is -0.465 e. The van der Waals surface area contributed by atoms with Gasteiger partial charge in [-0.15, -0.1) is 0 Å². The highest BCUT2D eigenvalue weighted by Gasteiger charge is 2.28. The van der Waals surface area contributed by atoms with Crippen LogP contribution in [-0.4, -0.2) is 36.4 Å². The Morgan fingerprint density at radius 1 is 1.50 bits per heavy atom. The number of hydrogen-bond acceptors (Lipinski definition) is 7. The largest absolute Gasteiger partial charge is 0.465 e. The van der Waals surface area contributed by atoms with Crippen LogP contribution in [0.1, 0.15) is 51.4 Å². The molecular formula is C15H26N2O5. The predicted molar refractivity (Wildman–Crippen MR) is 79.8 cm³/mol. The van der Waals surface area contributed by atoms with E-state index < -0.39 is 17.6 Å². The average Bonchev–Trinajstić information content (AvgIpc) is 2.93. The molecule has 1 heterocycles. The molecule has 0 saturated heterocycles. The fourth-order valence-electron chi connectivity index (χ4n) is 1.84. The van der Waals surface area contributed by atoms with Crippen LogP contribution in [0, 0.1) is 11.3 Å². The highest BCUT2D eigenvalue weighted by molar-refractivity contribution is 5.75. The zero-order chi connectivity index (χ0) is 16.9. The van der Waals surface area contributed by atoms with E-state index in [4.69, 9.17) is 24.7 Å². The van der Waals surface area contributed by atoms with Crippen molar-refractivity contribution in [3.63, 3.8) is 0 Å². The molecule has 1 aromatic rings. The number of aliphatic hydroxyl groups is 1. The Kier molecular flexibility index (Phi) is 6.52. The molecule has 1 unspecified atom stereocenters. The van der Waals surface area contributed by atoms with Crippen LogP contribution >= 0.6 is 0 Å². The summed E-state index contributed by atoms with van der Waals surface area (Å²) in [7, 11) is 1.55. The molecule has 7 nitrogen and oxygen atoms in total. The molecule has 0 saturated carbocycles. The Morgan fingerprint density at radius 3 is 2.64 bits per heavy atom. The summed E-state index contributed by atoms with van der Waals surface area (Å²) in [6.07, 6.45) is 1.05. The first-order valence-electron chi connectivity index (χ1n) is 7.22. The molecule has 0 aliphatic heterocycles. The monoisotopic (exact) mass is 314 g/mol. The highest BCUT2D eigenvalue weighted by Crippen LogP contribution is 2.27. The third-order valence-electron chi connectivity index (χ3n) is 3.21. The first-order valence-corrected chi connectivity index (χ1v) is 7.22. The summed E-state index contributed by atoms with van der Waals surface area (Å²) in [5, 5.41) is 9.01. The van der Waals surface area contributed by atoms with Crippen molar-refractivity contribution in [2.45, 2.75) is 39.8 Å². The summed E-state index contributed by atoms with van der Waals surface area (Å²) < 4.78 is 16.0. The quantitative estimate of drug-likeness (QED) is 0.735. The van der Waals surface area contributed by atoms with Crippen molar-refractivity contribution >= 4 is 5.97 Å². The maximum atomic E-state index is 11.8. The molecule has 0 aliphatic rings.